The number of nitrogens with zero attached hydrogens (tertiary/aromatic N) is 1. The van der Waals surface area contributed by atoms with Gasteiger partial charge in [-0.25, -0.2) is 8.42 Å². The molecule has 1 aliphatic heterocycles. The lowest BCUT2D eigenvalue weighted by atomic mass is 10.0. The van der Waals surface area contributed by atoms with E-state index in [0.717, 1.165) is 11.1 Å². The molecule has 0 radical (unpaired) electrons. The molecule has 138 valence electrons. The fourth-order valence-corrected chi connectivity index (χ4v) is 4.16. The Hall–Kier alpha value is -2.38. The quantitative estimate of drug-likeness (QED) is 0.844. The number of sulfonamides is 1. The van der Waals surface area contributed by atoms with Crippen molar-refractivity contribution in [1.29, 1.82) is 0 Å². The van der Waals surface area contributed by atoms with Crippen LogP contribution in [0.4, 0.5) is 5.69 Å². The number of benzene rings is 2. The zero-order chi connectivity index (χ0) is 18.7. The zero-order valence-electron chi connectivity index (χ0n) is 14.9. The van der Waals surface area contributed by atoms with Gasteiger partial charge in [-0.05, 0) is 43.2 Å². The highest BCUT2D eigenvalue weighted by Gasteiger charge is 2.24. The van der Waals surface area contributed by atoms with Crippen molar-refractivity contribution in [2.75, 3.05) is 19.0 Å². The molecule has 0 saturated carbocycles. The first kappa shape index (κ1) is 18.4. The predicted molar refractivity (Wildman–Crippen MR) is 99.7 cm³/mol. The normalized spacial score (nSPS) is 14.0. The monoisotopic (exact) mass is 374 g/mol. The van der Waals surface area contributed by atoms with Crippen LogP contribution in [0.15, 0.2) is 47.4 Å². The SMILES string of the molecule is CCOc1ccccc1CN(C)S(=O)(=O)c1ccc2c(c1)CCC(=O)N2. The van der Waals surface area contributed by atoms with Gasteiger partial charge in [-0.3, -0.25) is 4.79 Å². The third-order valence-corrected chi connectivity index (χ3v) is 6.15. The molecule has 1 amide bonds. The number of aryl methyl sites for hydroxylation is 1. The van der Waals surface area contributed by atoms with Crippen LogP contribution in [0.1, 0.15) is 24.5 Å². The maximum atomic E-state index is 13.0. The number of hydrogen-bond donors (Lipinski definition) is 1. The number of amides is 1. The van der Waals surface area contributed by atoms with Crippen molar-refractivity contribution in [3.05, 3.63) is 53.6 Å². The average molecular weight is 374 g/mol. The molecule has 0 bridgehead atoms. The molecular formula is C19H22N2O4S. The van der Waals surface area contributed by atoms with Crippen LogP contribution in [0, 0.1) is 0 Å². The molecule has 0 saturated heterocycles. The Kier molecular flexibility index (Phi) is 5.29. The Balaban J connectivity index is 1.85. The summed E-state index contributed by atoms with van der Waals surface area (Å²) in [5, 5.41) is 2.77. The Morgan fingerprint density at radius 1 is 1.15 bits per heavy atom. The molecule has 0 aromatic heterocycles. The van der Waals surface area contributed by atoms with Crippen LogP contribution < -0.4 is 10.1 Å². The Morgan fingerprint density at radius 3 is 2.69 bits per heavy atom. The van der Waals surface area contributed by atoms with Crippen LogP contribution in [-0.4, -0.2) is 32.3 Å². The number of fused-ring (bicyclic) bond motifs is 1. The number of hydrogen-bond acceptors (Lipinski definition) is 4. The van der Waals surface area contributed by atoms with E-state index in [1.807, 2.05) is 31.2 Å². The molecule has 0 unspecified atom stereocenters. The van der Waals surface area contributed by atoms with Crippen molar-refractivity contribution in [2.24, 2.45) is 0 Å². The van der Waals surface area contributed by atoms with Crippen LogP contribution in [0.3, 0.4) is 0 Å². The molecule has 0 atom stereocenters. The van der Waals surface area contributed by atoms with Crippen LogP contribution in [0.2, 0.25) is 0 Å². The Labute approximate surface area is 153 Å². The molecule has 2 aromatic carbocycles. The minimum atomic E-state index is -3.65. The van der Waals surface area contributed by atoms with E-state index in [2.05, 4.69) is 5.32 Å². The molecule has 26 heavy (non-hydrogen) atoms. The van der Waals surface area contributed by atoms with E-state index in [0.29, 0.717) is 30.9 Å². The molecule has 0 spiro atoms. The summed E-state index contributed by atoms with van der Waals surface area (Å²) < 4.78 is 32.8. The Morgan fingerprint density at radius 2 is 1.92 bits per heavy atom. The molecule has 7 heteroatoms. The van der Waals surface area contributed by atoms with Gasteiger partial charge in [-0.1, -0.05) is 18.2 Å². The van der Waals surface area contributed by atoms with E-state index in [-0.39, 0.29) is 17.3 Å². The van der Waals surface area contributed by atoms with Gasteiger partial charge >= 0.3 is 0 Å². The summed E-state index contributed by atoms with van der Waals surface area (Å²) in [5.41, 5.74) is 2.34. The topological polar surface area (TPSA) is 75.7 Å². The van der Waals surface area contributed by atoms with Gasteiger partial charge < -0.3 is 10.1 Å². The van der Waals surface area contributed by atoms with E-state index in [1.54, 1.807) is 19.2 Å². The lowest BCUT2D eigenvalue weighted by molar-refractivity contribution is -0.116. The molecule has 0 fully saturated rings. The molecule has 3 rings (SSSR count). The van der Waals surface area contributed by atoms with E-state index in [9.17, 15) is 13.2 Å². The highest BCUT2D eigenvalue weighted by atomic mass is 32.2. The number of para-hydroxylation sites is 1. The van der Waals surface area contributed by atoms with Gasteiger partial charge in [0.05, 0.1) is 11.5 Å². The van der Waals surface area contributed by atoms with Crippen molar-refractivity contribution >= 4 is 21.6 Å². The molecule has 1 aliphatic rings. The van der Waals surface area contributed by atoms with Crippen LogP contribution >= 0.6 is 0 Å². The number of ether oxygens (including phenoxy) is 1. The third kappa shape index (κ3) is 3.73. The van der Waals surface area contributed by atoms with Gasteiger partial charge in [0, 0.05) is 31.3 Å². The van der Waals surface area contributed by atoms with E-state index in [1.165, 1.54) is 10.4 Å². The molecule has 1 heterocycles. The second-order valence-corrected chi connectivity index (χ2v) is 8.21. The maximum Gasteiger partial charge on any atom is 0.243 e. The highest BCUT2D eigenvalue weighted by molar-refractivity contribution is 7.89. The zero-order valence-corrected chi connectivity index (χ0v) is 15.7. The largest absolute Gasteiger partial charge is 0.494 e. The van der Waals surface area contributed by atoms with Crippen LogP contribution in [-0.2, 0) is 27.8 Å². The maximum absolute atomic E-state index is 13.0. The summed E-state index contributed by atoms with van der Waals surface area (Å²) in [6.07, 6.45) is 0.912. The second-order valence-electron chi connectivity index (χ2n) is 6.17. The van der Waals surface area contributed by atoms with E-state index >= 15 is 0 Å². The fourth-order valence-electron chi connectivity index (χ4n) is 2.96. The minimum Gasteiger partial charge on any atom is -0.494 e. The lowest BCUT2D eigenvalue weighted by Crippen LogP contribution is -2.27. The first-order chi connectivity index (χ1) is 12.4. The predicted octanol–water partition coefficient (Wildman–Crippen LogP) is 2.79. The number of carbonyl (C=O) groups is 1. The highest BCUT2D eigenvalue weighted by Crippen LogP contribution is 2.28. The van der Waals surface area contributed by atoms with Gasteiger partial charge in [-0.2, -0.15) is 4.31 Å². The summed E-state index contributed by atoms with van der Waals surface area (Å²) >= 11 is 0. The van der Waals surface area contributed by atoms with Crippen molar-refractivity contribution in [1.82, 2.24) is 4.31 Å². The molecule has 6 nitrogen and oxygen atoms in total. The second kappa shape index (κ2) is 7.47. The van der Waals surface area contributed by atoms with Crippen LogP contribution in [0.5, 0.6) is 5.75 Å². The van der Waals surface area contributed by atoms with E-state index < -0.39 is 10.0 Å². The summed E-state index contributed by atoms with van der Waals surface area (Å²) in [4.78, 5) is 11.7. The van der Waals surface area contributed by atoms with Crippen LogP contribution in [0.25, 0.3) is 0 Å². The van der Waals surface area contributed by atoms with Crippen molar-refractivity contribution in [3.8, 4) is 5.75 Å². The van der Waals surface area contributed by atoms with Crippen molar-refractivity contribution in [2.45, 2.75) is 31.2 Å². The molecule has 0 aliphatic carbocycles. The van der Waals surface area contributed by atoms with Gasteiger partial charge in [-0.15, -0.1) is 0 Å². The molecular weight excluding hydrogens is 352 g/mol. The first-order valence-electron chi connectivity index (χ1n) is 8.51. The molecule has 1 N–H and O–H groups in total. The average Bonchev–Trinajstić information content (AvgIpc) is 2.63. The Bertz CT molecular complexity index is 925. The third-order valence-electron chi connectivity index (χ3n) is 4.35. The number of anilines is 1. The minimum absolute atomic E-state index is 0.0437. The first-order valence-corrected chi connectivity index (χ1v) is 9.95. The summed E-state index contributed by atoms with van der Waals surface area (Å²) in [5.74, 6) is 0.642. The van der Waals surface area contributed by atoms with Gasteiger partial charge in [0.15, 0.2) is 0 Å². The summed E-state index contributed by atoms with van der Waals surface area (Å²) in [6, 6.07) is 12.3. The van der Waals surface area contributed by atoms with E-state index in [4.69, 9.17) is 4.74 Å². The lowest BCUT2D eigenvalue weighted by Gasteiger charge is -2.21. The number of rotatable bonds is 6. The fraction of sp³-hybridized carbons (Fsp3) is 0.316. The van der Waals surface area contributed by atoms with Crippen molar-refractivity contribution < 1.29 is 17.9 Å². The number of carbonyl (C=O) groups excluding carboxylic acids is 1. The van der Waals surface area contributed by atoms with Gasteiger partial charge in [0.25, 0.3) is 0 Å². The smallest absolute Gasteiger partial charge is 0.243 e. The summed E-state index contributed by atoms with van der Waals surface area (Å²) in [6.45, 7) is 2.62. The number of nitrogens with one attached hydrogen (secondary N) is 1. The van der Waals surface area contributed by atoms with Gasteiger partial charge in [0.1, 0.15) is 5.75 Å². The summed E-state index contributed by atoms with van der Waals surface area (Å²) in [7, 11) is -2.10. The molecule has 2 aromatic rings. The van der Waals surface area contributed by atoms with Gasteiger partial charge in [0.2, 0.25) is 15.9 Å². The van der Waals surface area contributed by atoms with Crippen molar-refractivity contribution in [3.63, 3.8) is 0 Å². The standard InChI is InChI=1S/C19H22N2O4S/c1-3-25-18-7-5-4-6-15(18)13-21(2)26(23,24)16-9-10-17-14(12-16)8-11-19(22)20-17/h4-7,9-10,12H,3,8,11,13H2,1-2H3,(H,20,22).